The Morgan fingerprint density at radius 3 is 2.71 bits per heavy atom. The first-order valence-corrected chi connectivity index (χ1v) is 10.3. The number of carbonyl (C=O) groups is 1. The molecule has 0 aliphatic heterocycles. The van der Waals surface area contributed by atoms with Gasteiger partial charge in [-0.25, -0.2) is 4.79 Å². The molecule has 0 amide bonds. The highest BCUT2D eigenvalue weighted by Crippen LogP contribution is 2.25. The van der Waals surface area contributed by atoms with Crippen molar-refractivity contribution in [2.75, 3.05) is 19.8 Å². The largest absolute Gasteiger partial charge is 0.491 e. The molecule has 2 unspecified atom stereocenters. The van der Waals surface area contributed by atoms with Crippen LogP contribution < -0.4 is 10.1 Å². The minimum Gasteiger partial charge on any atom is -0.491 e. The van der Waals surface area contributed by atoms with E-state index in [-0.39, 0.29) is 18.6 Å². The molecule has 0 bridgehead atoms. The molecular weight excluding hydrogens is 374 g/mol. The van der Waals surface area contributed by atoms with Crippen LogP contribution >= 0.6 is 11.3 Å². The SMILES string of the molecule is CCOC(=O)/C=C(\C)c1ccc(CC(C)NCC(O)COc2ccccc2)s1. The summed E-state index contributed by atoms with van der Waals surface area (Å²) < 4.78 is 10.5. The molecule has 5 nitrogen and oxygen atoms in total. The molecule has 152 valence electrons. The number of para-hydroxylation sites is 1. The number of thiophene rings is 1. The second kappa shape index (κ2) is 11.6. The van der Waals surface area contributed by atoms with Crippen molar-refractivity contribution < 1.29 is 19.4 Å². The fourth-order valence-corrected chi connectivity index (χ4v) is 3.72. The smallest absolute Gasteiger partial charge is 0.331 e. The van der Waals surface area contributed by atoms with Gasteiger partial charge in [0.1, 0.15) is 18.5 Å². The minimum absolute atomic E-state index is 0.215. The number of benzene rings is 1. The van der Waals surface area contributed by atoms with Crippen LogP contribution in [0.3, 0.4) is 0 Å². The third kappa shape index (κ3) is 7.84. The highest BCUT2D eigenvalue weighted by atomic mass is 32.1. The van der Waals surface area contributed by atoms with E-state index in [0.29, 0.717) is 13.2 Å². The first-order chi connectivity index (χ1) is 13.5. The minimum atomic E-state index is -0.573. The van der Waals surface area contributed by atoms with Crippen LogP contribution in [-0.4, -0.2) is 43.0 Å². The normalized spacial score (nSPS) is 13.8. The second-order valence-corrected chi connectivity index (χ2v) is 7.80. The third-order valence-corrected chi connectivity index (χ3v) is 5.31. The number of allylic oxidation sites excluding steroid dienone is 1. The summed E-state index contributed by atoms with van der Waals surface area (Å²) in [7, 11) is 0. The van der Waals surface area contributed by atoms with E-state index in [4.69, 9.17) is 9.47 Å². The Morgan fingerprint density at radius 2 is 2.00 bits per heavy atom. The Labute approximate surface area is 171 Å². The Morgan fingerprint density at radius 1 is 1.25 bits per heavy atom. The van der Waals surface area contributed by atoms with Gasteiger partial charge in [-0.1, -0.05) is 18.2 Å². The Hall–Kier alpha value is -2.15. The molecule has 2 rings (SSSR count). The van der Waals surface area contributed by atoms with Gasteiger partial charge in [-0.2, -0.15) is 0 Å². The Bertz CT molecular complexity index is 757. The van der Waals surface area contributed by atoms with Gasteiger partial charge < -0.3 is 19.9 Å². The van der Waals surface area contributed by atoms with E-state index in [1.54, 1.807) is 18.3 Å². The van der Waals surface area contributed by atoms with Crippen LogP contribution in [0.2, 0.25) is 0 Å². The van der Waals surface area contributed by atoms with E-state index in [2.05, 4.69) is 18.3 Å². The summed E-state index contributed by atoms with van der Waals surface area (Å²) in [5.74, 6) is 0.448. The number of rotatable bonds is 11. The summed E-state index contributed by atoms with van der Waals surface area (Å²) in [5, 5.41) is 13.4. The van der Waals surface area contributed by atoms with Gasteiger partial charge in [0.2, 0.25) is 0 Å². The maximum absolute atomic E-state index is 11.6. The summed E-state index contributed by atoms with van der Waals surface area (Å²) in [5.41, 5.74) is 0.906. The van der Waals surface area contributed by atoms with Crippen molar-refractivity contribution in [3.8, 4) is 5.75 Å². The van der Waals surface area contributed by atoms with Gasteiger partial charge in [-0.05, 0) is 57.0 Å². The maximum atomic E-state index is 11.6. The zero-order valence-corrected chi connectivity index (χ0v) is 17.5. The van der Waals surface area contributed by atoms with Crippen molar-refractivity contribution in [3.63, 3.8) is 0 Å². The van der Waals surface area contributed by atoms with Gasteiger partial charge in [0.15, 0.2) is 0 Å². The first-order valence-electron chi connectivity index (χ1n) is 9.51. The summed E-state index contributed by atoms with van der Waals surface area (Å²) in [4.78, 5) is 13.9. The van der Waals surface area contributed by atoms with Crippen LogP contribution in [-0.2, 0) is 16.0 Å². The van der Waals surface area contributed by atoms with Gasteiger partial charge in [0.25, 0.3) is 0 Å². The monoisotopic (exact) mass is 403 g/mol. The molecule has 0 saturated carbocycles. The lowest BCUT2D eigenvalue weighted by Crippen LogP contribution is -2.37. The predicted molar refractivity (Wildman–Crippen MR) is 114 cm³/mol. The molecule has 0 saturated heterocycles. The molecule has 2 N–H and O–H groups in total. The van der Waals surface area contributed by atoms with Crippen LogP contribution in [0.1, 0.15) is 30.5 Å². The Balaban J connectivity index is 1.74. The number of aliphatic hydroxyl groups excluding tert-OH is 1. The summed E-state index contributed by atoms with van der Waals surface area (Å²) in [6.45, 7) is 6.90. The van der Waals surface area contributed by atoms with Crippen LogP contribution in [0.5, 0.6) is 5.75 Å². The molecule has 1 heterocycles. The molecule has 2 atom stereocenters. The molecule has 6 heteroatoms. The number of ether oxygens (including phenoxy) is 2. The zero-order chi connectivity index (χ0) is 20.4. The zero-order valence-electron chi connectivity index (χ0n) is 16.7. The summed E-state index contributed by atoms with van der Waals surface area (Å²) >= 11 is 1.67. The number of hydrogen-bond acceptors (Lipinski definition) is 6. The molecule has 0 aliphatic carbocycles. The van der Waals surface area contributed by atoms with Crippen LogP contribution in [0, 0.1) is 0 Å². The van der Waals surface area contributed by atoms with Gasteiger partial charge >= 0.3 is 5.97 Å². The highest BCUT2D eigenvalue weighted by Gasteiger charge is 2.11. The topological polar surface area (TPSA) is 67.8 Å². The van der Waals surface area contributed by atoms with Crippen molar-refractivity contribution >= 4 is 22.9 Å². The molecule has 0 fully saturated rings. The van der Waals surface area contributed by atoms with E-state index in [0.717, 1.165) is 22.6 Å². The lowest BCUT2D eigenvalue weighted by atomic mass is 10.2. The van der Waals surface area contributed by atoms with Crippen LogP contribution in [0.15, 0.2) is 48.5 Å². The maximum Gasteiger partial charge on any atom is 0.331 e. The molecule has 0 aliphatic rings. The standard InChI is InChI=1S/C22H29NO4S/c1-4-26-22(25)12-16(2)21-11-10-20(28-21)13-17(3)23-14-18(24)15-27-19-8-6-5-7-9-19/h5-12,17-18,23-24H,4,13-15H2,1-3H3/b16-12+. The average Bonchev–Trinajstić information content (AvgIpc) is 3.14. The van der Waals surface area contributed by atoms with Gasteiger partial charge in [-0.15, -0.1) is 11.3 Å². The lowest BCUT2D eigenvalue weighted by molar-refractivity contribution is -0.137. The van der Waals surface area contributed by atoms with E-state index in [9.17, 15) is 9.90 Å². The van der Waals surface area contributed by atoms with Crippen molar-refractivity contribution in [1.82, 2.24) is 5.32 Å². The molecule has 2 aromatic rings. The molecule has 1 aromatic carbocycles. The molecule has 0 radical (unpaired) electrons. The average molecular weight is 404 g/mol. The summed E-state index contributed by atoms with van der Waals surface area (Å²) in [6.07, 6.45) is 1.81. The lowest BCUT2D eigenvalue weighted by Gasteiger charge is -2.17. The van der Waals surface area contributed by atoms with E-state index >= 15 is 0 Å². The van der Waals surface area contributed by atoms with Gasteiger partial charge in [0.05, 0.1) is 6.61 Å². The van der Waals surface area contributed by atoms with Crippen molar-refractivity contribution in [2.45, 2.75) is 39.3 Å². The fraction of sp³-hybridized carbons (Fsp3) is 0.409. The van der Waals surface area contributed by atoms with E-state index in [1.807, 2.05) is 43.3 Å². The first kappa shape index (κ1) is 22.1. The molecule has 28 heavy (non-hydrogen) atoms. The van der Waals surface area contributed by atoms with Gasteiger partial charge in [-0.3, -0.25) is 0 Å². The van der Waals surface area contributed by atoms with Crippen LogP contribution in [0.25, 0.3) is 5.57 Å². The number of carbonyl (C=O) groups excluding carboxylic acids is 1. The van der Waals surface area contributed by atoms with Gasteiger partial charge in [0, 0.05) is 28.4 Å². The number of esters is 1. The fourth-order valence-electron chi connectivity index (χ4n) is 2.61. The van der Waals surface area contributed by atoms with E-state index in [1.165, 1.54) is 11.0 Å². The van der Waals surface area contributed by atoms with Crippen molar-refractivity contribution in [3.05, 3.63) is 58.3 Å². The molecular formula is C22H29NO4S. The highest BCUT2D eigenvalue weighted by molar-refractivity contribution is 7.13. The Kier molecular flexibility index (Phi) is 9.20. The third-order valence-electron chi connectivity index (χ3n) is 4.07. The van der Waals surface area contributed by atoms with E-state index < -0.39 is 6.10 Å². The van der Waals surface area contributed by atoms with Crippen LogP contribution in [0.4, 0.5) is 0 Å². The number of aliphatic hydroxyl groups is 1. The number of hydrogen-bond donors (Lipinski definition) is 2. The number of nitrogens with one attached hydrogen (secondary N) is 1. The van der Waals surface area contributed by atoms with Crippen molar-refractivity contribution in [2.24, 2.45) is 0 Å². The van der Waals surface area contributed by atoms with Crippen molar-refractivity contribution in [1.29, 1.82) is 0 Å². The molecule has 1 aromatic heterocycles. The summed E-state index contributed by atoms with van der Waals surface area (Å²) in [6, 6.07) is 13.8. The predicted octanol–water partition coefficient (Wildman–Crippen LogP) is 3.68. The second-order valence-electron chi connectivity index (χ2n) is 6.64. The quantitative estimate of drug-likeness (QED) is 0.443. The molecule has 0 spiro atoms.